The Kier molecular flexibility index (Phi) is 5.69. The van der Waals surface area contributed by atoms with E-state index in [0.29, 0.717) is 0 Å². The van der Waals surface area contributed by atoms with Gasteiger partial charge in [-0.25, -0.2) is 0 Å². The molecule has 0 nitrogen and oxygen atoms in total. The van der Waals surface area contributed by atoms with Crippen LogP contribution in [0.15, 0.2) is 170 Å². The fourth-order valence-electron chi connectivity index (χ4n) is 7.52. The zero-order valence-corrected chi connectivity index (χ0v) is 24.9. The second-order valence-electron chi connectivity index (χ2n) is 11.6. The van der Waals surface area contributed by atoms with Crippen molar-refractivity contribution >= 4 is 31.5 Å². The van der Waals surface area contributed by atoms with Crippen LogP contribution in [-0.2, 0) is 5.41 Å². The van der Waals surface area contributed by atoms with Gasteiger partial charge in [0.15, 0.2) is 0 Å². The van der Waals surface area contributed by atoms with Crippen LogP contribution in [-0.4, -0.2) is 0 Å². The lowest BCUT2D eigenvalue weighted by Gasteiger charge is -2.34. The van der Waals surface area contributed by atoms with Gasteiger partial charge in [0.1, 0.15) is 0 Å². The number of hydrogen-bond acceptors (Lipinski definition) is 1. The Bertz CT molecular complexity index is 2280. The number of hydrogen-bond donors (Lipinski definition) is 0. The molecule has 0 amide bonds. The van der Waals surface area contributed by atoms with E-state index >= 15 is 0 Å². The first-order valence-corrected chi connectivity index (χ1v) is 16.0. The first-order chi connectivity index (χ1) is 21.8. The monoisotopic (exact) mass is 576 g/mol. The molecule has 0 fully saturated rings. The van der Waals surface area contributed by atoms with Gasteiger partial charge in [0.25, 0.3) is 0 Å². The normalized spacial score (nSPS) is 13.2. The summed E-state index contributed by atoms with van der Waals surface area (Å²) in [5.74, 6) is 0. The number of rotatable bonds is 4. The van der Waals surface area contributed by atoms with Gasteiger partial charge in [0.05, 0.1) is 5.41 Å². The van der Waals surface area contributed by atoms with Crippen molar-refractivity contribution < 1.29 is 0 Å². The van der Waals surface area contributed by atoms with E-state index < -0.39 is 5.41 Å². The minimum Gasteiger partial charge on any atom is -0.134 e. The summed E-state index contributed by atoms with van der Waals surface area (Å²) in [6.07, 6.45) is 0. The Morgan fingerprint density at radius 3 is 1.43 bits per heavy atom. The van der Waals surface area contributed by atoms with E-state index in [2.05, 4.69) is 170 Å². The van der Waals surface area contributed by atoms with Crippen LogP contribution in [0, 0.1) is 0 Å². The summed E-state index contributed by atoms with van der Waals surface area (Å²) in [6.45, 7) is 0. The molecule has 1 heteroatoms. The zero-order valence-electron chi connectivity index (χ0n) is 24.1. The molecular weight excluding hydrogens is 549 g/mol. The molecule has 44 heavy (non-hydrogen) atoms. The Morgan fingerprint density at radius 1 is 0.341 bits per heavy atom. The molecule has 0 unspecified atom stereocenters. The molecule has 7 aromatic carbocycles. The summed E-state index contributed by atoms with van der Waals surface area (Å²) >= 11 is 1.92. The van der Waals surface area contributed by atoms with Gasteiger partial charge < -0.3 is 0 Å². The molecule has 0 spiro atoms. The standard InChI is InChI=1S/C43H28S/c1-3-14-29(15-4-1)33-22-12-24-37-38-25-13-23-34(42(38)44-41(33)37)30-16-11-19-32(28-30)43(31-17-5-2-6-18-31)39-26-9-7-20-35(39)36-21-8-10-27-40(36)43/h1-28H. The third-order valence-corrected chi connectivity index (χ3v) is 10.7. The van der Waals surface area contributed by atoms with Crippen LogP contribution in [0.3, 0.4) is 0 Å². The highest BCUT2D eigenvalue weighted by atomic mass is 32.1. The average Bonchev–Trinajstić information content (AvgIpc) is 3.64. The van der Waals surface area contributed by atoms with Crippen LogP contribution in [0.5, 0.6) is 0 Å². The van der Waals surface area contributed by atoms with Gasteiger partial charge in [0, 0.05) is 20.2 Å². The topological polar surface area (TPSA) is 0 Å². The maximum Gasteiger partial charge on any atom is 0.0713 e. The molecular formula is C43H28S. The van der Waals surface area contributed by atoms with Crippen LogP contribution in [0.25, 0.3) is 53.6 Å². The van der Waals surface area contributed by atoms with Crippen LogP contribution >= 0.6 is 11.3 Å². The van der Waals surface area contributed by atoms with E-state index in [9.17, 15) is 0 Å². The lowest BCUT2D eigenvalue weighted by molar-refractivity contribution is 0.769. The highest BCUT2D eigenvalue weighted by Crippen LogP contribution is 2.56. The Morgan fingerprint density at radius 2 is 0.795 bits per heavy atom. The quantitative estimate of drug-likeness (QED) is 0.195. The second kappa shape index (κ2) is 9.91. The smallest absolute Gasteiger partial charge is 0.0713 e. The molecule has 1 aliphatic carbocycles. The van der Waals surface area contributed by atoms with Gasteiger partial charge in [-0.05, 0) is 61.7 Å². The summed E-state index contributed by atoms with van der Waals surface area (Å²) < 4.78 is 2.68. The SMILES string of the molecule is c1ccc(-c2cccc3c2sc2c(-c4cccc(C5(c6ccccc6)c6ccccc6-c6ccccc65)c4)cccc23)cc1. The van der Waals surface area contributed by atoms with Crippen molar-refractivity contribution in [2.45, 2.75) is 5.41 Å². The lowest BCUT2D eigenvalue weighted by atomic mass is 9.67. The molecule has 8 aromatic rings. The molecule has 206 valence electrons. The summed E-state index contributed by atoms with van der Waals surface area (Å²) in [6, 6.07) is 62.6. The highest BCUT2D eigenvalue weighted by molar-refractivity contribution is 7.26. The third kappa shape index (κ3) is 3.57. The van der Waals surface area contributed by atoms with Gasteiger partial charge in [-0.1, -0.05) is 164 Å². The Hall–Kier alpha value is -5.24. The molecule has 0 saturated carbocycles. The largest absolute Gasteiger partial charge is 0.134 e. The van der Waals surface area contributed by atoms with Crippen molar-refractivity contribution in [3.63, 3.8) is 0 Å². The van der Waals surface area contributed by atoms with Crippen molar-refractivity contribution in [1.82, 2.24) is 0 Å². The Labute approximate surface area is 261 Å². The predicted octanol–water partition coefficient (Wildman–Crippen LogP) is 11.8. The van der Waals surface area contributed by atoms with E-state index in [0.717, 1.165) is 0 Å². The molecule has 0 saturated heterocycles. The van der Waals surface area contributed by atoms with Crippen LogP contribution in [0.4, 0.5) is 0 Å². The summed E-state index contributed by atoms with van der Waals surface area (Å²) in [5.41, 5.74) is 12.6. The predicted molar refractivity (Wildman–Crippen MR) is 188 cm³/mol. The molecule has 1 aliphatic rings. The summed E-state index contributed by atoms with van der Waals surface area (Å²) in [7, 11) is 0. The van der Waals surface area contributed by atoms with E-state index in [4.69, 9.17) is 0 Å². The first kappa shape index (κ1) is 25.3. The molecule has 1 aromatic heterocycles. The van der Waals surface area contributed by atoms with Gasteiger partial charge in [-0.2, -0.15) is 0 Å². The average molecular weight is 577 g/mol. The van der Waals surface area contributed by atoms with Crippen molar-refractivity contribution in [3.8, 4) is 33.4 Å². The number of benzene rings is 7. The van der Waals surface area contributed by atoms with E-state index in [1.165, 1.54) is 75.8 Å². The van der Waals surface area contributed by atoms with Crippen LogP contribution in [0.1, 0.15) is 22.3 Å². The minimum absolute atomic E-state index is 0.404. The molecule has 0 bridgehead atoms. The van der Waals surface area contributed by atoms with E-state index in [-0.39, 0.29) is 0 Å². The van der Waals surface area contributed by atoms with Crippen LogP contribution < -0.4 is 0 Å². The highest BCUT2D eigenvalue weighted by Gasteiger charge is 2.45. The molecule has 0 N–H and O–H groups in total. The van der Waals surface area contributed by atoms with E-state index in [1.54, 1.807) is 0 Å². The van der Waals surface area contributed by atoms with Gasteiger partial charge >= 0.3 is 0 Å². The van der Waals surface area contributed by atoms with Crippen molar-refractivity contribution in [3.05, 3.63) is 192 Å². The first-order valence-electron chi connectivity index (χ1n) is 15.2. The van der Waals surface area contributed by atoms with Crippen molar-refractivity contribution in [2.24, 2.45) is 0 Å². The van der Waals surface area contributed by atoms with Crippen LogP contribution in [0.2, 0.25) is 0 Å². The maximum atomic E-state index is 2.45. The Balaban J connectivity index is 1.31. The lowest BCUT2D eigenvalue weighted by Crippen LogP contribution is -2.28. The number of thiophene rings is 1. The second-order valence-corrected chi connectivity index (χ2v) is 12.6. The maximum absolute atomic E-state index is 2.45. The molecule has 0 atom stereocenters. The van der Waals surface area contributed by atoms with Gasteiger partial charge in [0.2, 0.25) is 0 Å². The zero-order chi connectivity index (χ0) is 29.1. The fraction of sp³-hybridized carbons (Fsp3) is 0.0233. The molecule has 0 radical (unpaired) electrons. The van der Waals surface area contributed by atoms with E-state index in [1.807, 2.05) is 11.3 Å². The summed E-state index contributed by atoms with van der Waals surface area (Å²) in [4.78, 5) is 0. The molecule has 0 aliphatic heterocycles. The van der Waals surface area contributed by atoms with Gasteiger partial charge in [-0.3, -0.25) is 0 Å². The minimum atomic E-state index is -0.404. The third-order valence-electron chi connectivity index (χ3n) is 9.37. The van der Waals surface area contributed by atoms with Gasteiger partial charge in [-0.15, -0.1) is 11.3 Å². The van der Waals surface area contributed by atoms with Crippen molar-refractivity contribution in [1.29, 1.82) is 0 Å². The number of fused-ring (bicyclic) bond motifs is 6. The van der Waals surface area contributed by atoms with Crippen molar-refractivity contribution in [2.75, 3.05) is 0 Å². The fourth-order valence-corrected chi connectivity index (χ4v) is 8.90. The molecule has 9 rings (SSSR count). The summed E-state index contributed by atoms with van der Waals surface area (Å²) in [5, 5.41) is 2.64. The molecule has 1 heterocycles.